The summed E-state index contributed by atoms with van der Waals surface area (Å²) in [5.41, 5.74) is 0.854. The molecule has 0 saturated carbocycles. The maximum atomic E-state index is 11.1. The molecule has 0 amide bonds. The van der Waals surface area contributed by atoms with Crippen molar-refractivity contribution in [1.82, 2.24) is 19.5 Å². The van der Waals surface area contributed by atoms with Crippen LogP contribution in [0.3, 0.4) is 0 Å². The molecule has 6 heteroatoms. The Morgan fingerprint density at radius 3 is 3.00 bits per heavy atom. The van der Waals surface area contributed by atoms with E-state index < -0.39 is 0 Å². The van der Waals surface area contributed by atoms with Gasteiger partial charge >= 0.3 is 0 Å². The number of aromatic amines is 1. The van der Waals surface area contributed by atoms with Crippen LogP contribution in [0.15, 0.2) is 17.4 Å². The number of aryl methyl sites for hydroxylation is 1. The van der Waals surface area contributed by atoms with Gasteiger partial charge in [0, 0.05) is 6.54 Å². The van der Waals surface area contributed by atoms with Crippen molar-refractivity contribution in [2.45, 2.75) is 13.5 Å². The lowest BCUT2D eigenvalue weighted by Gasteiger charge is -1.94. The molecule has 0 radical (unpaired) electrons. The molecule has 2 aromatic heterocycles. The molecule has 0 saturated heterocycles. The van der Waals surface area contributed by atoms with E-state index in [2.05, 4.69) is 15.0 Å². The predicted octanol–water partition coefficient (Wildman–Crippen LogP) is 0.561. The Hall–Kier alpha value is -1.36. The zero-order valence-corrected chi connectivity index (χ0v) is 7.84. The van der Waals surface area contributed by atoms with E-state index in [1.807, 2.05) is 11.5 Å². The molecule has 0 spiro atoms. The quantitative estimate of drug-likeness (QED) is 0.732. The van der Waals surface area contributed by atoms with E-state index in [1.54, 1.807) is 6.33 Å². The van der Waals surface area contributed by atoms with Crippen molar-refractivity contribution in [3.63, 3.8) is 0 Å². The van der Waals surface area contributed by atoms with Crippen LogP contribution in [0.25, 0.3) is 11.2 Å². The van der Waals surface area contributed by atoms with E-state index in [-0.39, 0.29) is 18.0 Å². The Labute approximate surface area is 80.2 Å². The molecule has 0 aliphatic heterocycles. The number of nitrogens with one attached hydrogen (secondary N) is 1. The molecule has 0 fully saturated rings. The number of H-pyrrole nitrogens is 1. The van der Waals surface area contributed by atoms with Crippen LogP contribution in [0.1, 0.15) is 6.92 Å². The third-order valence-electron chi connectivity index (χ3n) is 1.75. The van der Waals surface area contributed by atoms with E-state index in [1.165, 1.54) is 6.33 Å². The molecule has 1 N–H and O–H groups in total. The standard InChI is InChI=1S/C7H8N4O.ClH/c1-2-11-4-10-5-6(11)8-3-9-7(5)12;/h3-4H,2H2,1H3,(H,8,9,12);1H. The first-order chi connectivity index (χ1) is 5.83. The number of halogens is 1. The van der Waals surface area contributed by atoms with Gasteiger partial charge in [0.25, 0.3) is 5.56 Å². The van der Waals surface area contributed by atoms with Gasteiger partial charge in [0.1, 0.15) is 0 Å². The summed E-state index contributed by atoms with van der Waals surface area (Å²) in [5, 5.41) is 0. The molecule has 0 unspecified atom stereocenters. The summed E-state index contributed by atoms with van der Waals surface area (Å²) >= 11 is 0. The number of fused-ring (bicyclic) bond motifs is 1. The highest BCUT2D eigenvalue weighted by molar-refractivity contribution is 5.85. The summed E-state index contributed by atoms with van der Waals surface area (Å²) in [7, 11) is 0. The largest absolute Gasteiger partial charge is 0.315 e. The lowest BCUT2D eigenvalue weighted by atomic mass is 10.5. The minimum atomic E-state index is -0.188. The second-order valence-corrected chi connectivity index (χ2v) is 2.43. The Morgan fingerprint density at radius 1 is 1.54 bits per heavy atom. The Morgan fingerprint density at radius 2 is 2.31 bits per heavy atom. The van der Waals surface area contributed by atoms with Crippen molar-refractivity contribution >= 4 is 23.6 Å². The topological polar surface area (TPSA) is 63.6 Å². The zero-order valence-electron chi connectivity index (χ0n) is 7.02. The van der Waals surface area contributed by atoms with Crippen molar-refractivity contribution in [3.8, 4) is 0 Å². The minimum Gasteiger partial charge on any atom is -0.315 e. The molecule has 5 nitrogen and oxygen atoms in total. The Balaban J connectivity index is 0.000000845. The third kappa shape index (κ3) is 1.42. The van der Waals surface area contributed by atoms with E-state index >= 15 is 0 Å². The number of nitrogens with zero attached hydrogens (tertiary/aromatic N) is 3. The first-order valence-electron chi connectivity index (χ1n) is 3.71. The van der Waals surface area contributed by atoms with Gasteiger partial charge in [-0.1, -0.05) is 0 Å². The van der Waals surface area contributed by atoms with Crippen LogP contribution < -0.4 is 5.56 Å². The summed E-state index contributed by atoms with van der Waals surface area (Å²) < 4.78 is 1.82. The molecular formula is C7H9ClN4O. The maximum absolute atomic E-state index is 11.1. The fraction of sp³-hybridized carbons (Fsp3) is 0.286. The lowest BCUT2D eigenvalue weighted by molar-refractivity contribution is 0.777. The van der Waals surface area contributed by atoms with Crippen molar-refractivity contribution in [2.24, 2.45) is 0 Å². The zero-order chi connectivity index (χ0) is 8.55. The molecular weight excluding hydrogens is 192 g/mol. The Bertz CT molecular complexity index is 461. The summed E-state index contributed by atoms with van der Waals surface area (Å²) in [4.78, 5) is 21.6. The number of imidazole rings is 1. The maximum Gasteiger partial charge on any atom is 0.278 e. The average molecular weight is 201 g/mol. The lowest BCUT2D eigenvalue weighted by Crippen LogP contribution is -2.07. The number of hydrogen-bond acceptors (Lipinski definition) is 3. The van der Waals surface area contributed by atoms with E-state index in [9.17, 15) is 4.79 Å². The van der Waals surface area contributed by atoms with Crippen LogP contribution in [0.5, 0.6) is 0 Å². The van der Waals surface area contributed by atoms with Gasteiger partial charge in [-0.15, -0.1) is 12.4 Å². The van der Waals surface area contributed by atoms with E-state index in [0.717, 1.165) is 6.54 Å². The molecule has 2 rings (SSSR count). The molecule has 13 heavy (non-hydrogen) atoms. The summed E-state index contributed by atoms with van der Waals surface area (Å²) in [5.74, 6) is 0. The van der Waals surface area contributed by atoms with Gasteiger partial charge in [-0.25, -0.2) is 9.97 Å². The number of aromatic nitrogens is 4. The molecule has 0 aromatic carbocycles. The smallest absolute Gasteiger partial charge is 0.278 e. The fourth-order valence-corrected chi connectivity index (χ4v) is 1.12. The van der Waals surface area contributed by atoms with Gasteiger partial charge in [0.05, 0.1) is 12.7 Å². The monoisotopic (exact) mass is 200 g/mol. The number of hydrogen-bond donors (Lipinski definition) is 1. The van der Waals surface area contributed by atoms with E-state index in [0.29, 0.717) is 11.2 Å². The second-order valence-electron chi connectivity index (χ2n) is 2.43. The van der Waals surface area contributed by atoms with Gasteiger partial charge in [-0.3, -0.25) is 4.79 Å². The minimum absolute atomic E-state index is 0. The highest BCUT2D eigenvalue weighted by atomic mass is 35.5. The van der Waals surface area contributed by atoms with Gasteiger partial charge in [-0.05, 0) is 6.92 Å². The van der Waals surface area contributed by atoms with Gasteiger partial charge in [0.15, 0.2) is 11.2 Å². The van der Waals surface area contributed by atoms with Crippen LogP contribution in [0, 0.1) is 0 Å². The second kappa shape index (κ2) is 3.57. The predicted molar refractivity (Wildman–Crippen MR) is 51.1 cm³/mol. The fourth-order valence-electron chi connectivity index (χ4n) is 1.12. The molecule has 0 bridgehead atoms. The van der Waals surface area contributed by atoms with Crippen molar-refractivity contribution < 1.29 is 0 Å². The van der Waals surface area contributed by atoms with Crippen molar-refractivity contribution in [1.29, 1.82) is 0 Å². The van der Waals surface area contributed by atoms with Crippen LogP contribution >= 0.6 is 12.4 Å². The molecule has 0 atom stereocenters. The van der Waals surface area contributed by atoms with Crippen LogP contribution in [-0.4, -0.2) is 19.5 Å². The first-order valence-corrected chi connectivity index (χ1v) is 3.71. The molecule has 70 valence electrons. The molecule has 2 heterocycles. The first kappa shape index (κ1) is 9.73. The normalized spacial score (nSPS) is 9.92. The summed E-state index contributed by atoms with van der Waals surface area (Å²) in [6.45, 7) is 2.75. The Kier molecular flexibility index (Phi) is 2.67. The van der Waals surface area contributed by atoms with Crippen molar-refractivity contribution in [2.75, 3.05) is 0 Å². The highest BCUT2D eigenvalue weighted by Gasteiger charge is 2.04. The van der Waals surface area contributed by atoms with Gasteiger partial charge < -0.3 is 9.55 Å². The SMILES string of the molecule is CCn1cnc2c(=O)[nH]cnc21.Cl. The van der Waals surface area contributed by atoms with E-state index in [4.69, 9.17) is 0 Å². The van der Waals surface area contributed by atoms with Crippen LogP contribution in [-0.2, 0) is 6.54 Å². The third-order valence-corrected chi connectivity index (χ3v) is 1.75. The van der Waals surface area contributed by atoms with Gasteiger partial charge in [0.2, 0.25) is 0 Å². The van der Waals surface area contributed by atoms with Crippen LogP contribution in [0.4, 0.5) is 0 Å². The summed E-state index contributed by atoms with van der Waals surface area (Å²) in [6, 6.07) is 0. The molecule has 0 aliphatic rings. The van der Waals surface area contributed by atoms with Gasteiger partial charge in [-0.2, -0.15) is 0 Å². The van der Waals surface area contributed by atoms with Crippen molar-refractivity contribution in [3.05, 3.63) is 23.0 Å². The molecule has 2 aromatic rings. The number of rotatable bonds is 1. The van der Waals surface area contributed by atoms with Crippen LogP contribution in [0.2, 0.25) is 0 Å². The molecule has 0 aliphatic carbocycles. The average Bonchev–Trinajstić information content (AvgIpc) is 2.49. The highest BCUT2D eigenvalue weighted by Crippen LogP contribution is 2.02. The summed E-state index contributed by atoms with van der Waals surface area (Å²) in [6.07, 6.45) is 3.01.